The molecule has 0 aliphatic rings. The number of esters is 1. The van der Waals surface area contributed by atoms with Crippen molar-refractivity contribution in [3.8, 4) is 0 Å². The van der Waals surface area contributed by atoms with E-state index in [2.05, 4.69) is 5.32 Å². The van der Waals surface area contributed by atoms with Gasteiger partial charge in [-0.3, -0.25) is 9.59 Å². The van der Waals surface area contributed by atoms with Crippen LogP contribution in [0.5, 0.6) is 0 Å². The van der Waals surface area contributed by atoms with E-state index in [0.29, 0.717) is 31.5 Å². The summed E-state index contributed by atoms with van der Waals surface area (Å²) in [5.74, 6) is -1.12. The number of rotatable bonds is 5. The standard InChI is InChI=1S/C22H15Cl2NO5S/c1-11-6-16-14(8-15(11)23)12(7-18(26)30-16)10-29-19(27)9-25-22(28)21-20(24)13-4-2-3-5-17(13)31-21/h2-8H,9-10H2,1H3,(H,25,28). The maximum Gasteiger partial charge on any atom is 0.336 e. The van der Waals surface area contributed by atoms with Crippen molar-refractivity contribution in [1.29, 1.82) is 0 Å². The summed E-state index contributed by atoms with van der Waals surface area (Å²) in [5.41, 5.74) is 1.01. The maximum atomic E-state index is 12.4. The van der Waals surface area contributed by atoms with E-state index in [1.807, 2.05) is 24.3 Å². The smallest absolute Gasteiger partial charge is 0.336 e. The average Bonchev–Trinajstić information content (AvgIpc) is 3.08. The zero-order chi connectivity index (χ0) is 22.1. The van der Waals surface area contributed by atoms with Crippen LogP contribution in [0, 0.1) is 6.92 Å². The lowest BCUT2D eigenvalue weighted by Crippen LogP contribution is -2.30. The molecular weight excluding hydrogens is 461 g/mol. The first-order valence-corrected chi connectivity index (χ1v) is 10.7. The lowest BCUT2D eigenvalue weighted by atomic mass is 10.1. The predicted molar refractivity (Wildman–Crippen MR) is 121 cm³/mol. The Balaban J connectivity index is 1.43. The van der Waals surface area contributed by atoms with Crippen LogP contribution in [0.2, 0.25) is 10.0 Å². The lowest BCUT2D eigenvalue weighted by molar-refractivity contribution is -0.143. The summed E-state index contributed by atoms with van der Waals surface area (Å²) >= 11 is 13.7. The van der Waals surface area contributed by atoms with Gasteiger partial charge in [0, 0.05) is 32.1 Å². The number of halogens is 2. The van der Waals surface area contributed by atoms with E-state index in [-0.39, 0.29) is 13.2 Å². The van der Waals surface area contributed by atoms with E-state index < -0.39 is 17.5 Å². The highest BCUT2D eigenvalue weighted by Crippen LogP contribution is 2.35. The summed E-state index contributed by atoms with van der Waals surface area (Å²) in [6.07, 6.45) is 0. The van der Waals surface area contributed by atoms with E-state index >= 15 is 0 Å². The second-order valence-electron chi connectivity index (χ2n) is 6.77. The zero-order valence-corrected chi connectivity index (χ0v) is 18.5. The number of amides is 1. The number of thiophene rings is 1. The van der Waals surface area contributed by atoms with Crippen molar-refractivity contribution in [2.24, 2.45) is 0 Å². The highest BCUT2D eigenvalue weighted by molar-refractivity contribution is 7.21. The van der Waals surface area contributed by atoms with Crippen LogP contribution in [0.3, 0.4) is 0 Å². The van der Waals surface area contributed by atoms with Gasteiger partial charge in [0.2, 0.25) is 0 Å². The first-order chi connectivity index (χ1) is 14.8. The lowest BCUT2D eigenvalue weighted by Gasteiger charge is -2.09. The molecule has 0 saturated carbocycles. The fourth-order valence-corrected chi connectivity index (χ4v) is 4.67. The number of fused-ring (bicyclic) bond motifs is 2. The molecule has 2 aromatic heterocycles. The molecule has 2 aromatic carbocycles. The molecule has 0 fully saturated rings. The molecule has 4 rings (SSSR count). The molecule has 0 radical (unpaired) electrons. The summed E-state index contributed by atoms with van der Waals surface area (Å²) in [4.78, 5) is 36.7. The SMILES string of the molecule is Cc1cc2oc(=O)cc(COC(=O)CNC(=O)c3sc4ccccc4c3Cl)c2cc1Cl. The molecule has 9 heteroatoms. The van der Waals surface area contributed by atoms with E-state index in [4.69, 9.17) is 32.4 Å². The second kappa shape index (κ2) is 8.70. The summed E-state index contributed by atoms with van der Waals surface area (Å²) in [6, 6.07) is 11.9. The molecule has 1 N–H and O–H groups in total. The third-order valence-electron chi connectivity index (χ3n) is 4.63. The van der Waals surface area contributed by atoms with Gasteiger partial charge >= 0.3 is 11.6 Å². The van der Waals surface area contributed by atoms with Crippen molar-refractivity contribution in [1.82, 2.24) is 5.32 Å². The topological polar surface area (TPSA) is 85.6 Å². The van der Waals surface area contributed by atoms with Gasteiger partial charge in [-0.05, 0) is 30.7 Å². The Hall–Kier alpha value is -2.87. The summed E-state index contributed by atoms with van der Waals surface area (Å²) in [6.45, 7) is 1.28. The third kappa shape index (κ3) is 4.44. The quantitative estimate of drug-likeness (QED) is 0.320. The van der Waals surface area contributed by atoms with E-state index in [1.165, 1.54) is 17.4 Å². The van der Waals surface area contributed by atoms with Gasteiger partial charge in [-0.1, -0.05) is 41.4 Å². The zero-order valence-electron chi connectivity index (χ0n) is 16.2. The minimum absolute atomic E-state index is 0.167. The molecule has 0 unspecified atom stereocenters. The summed E-state index contributed by atoms with van der Waals surface area (Å²) in [5, 5.41) is 4.72. The molecule has 31 heavy (non-hydrogen) atoms. The van der Waals surface area contributed by atoms with Crippen molar-refractivity contribution in [2.45, 2.75) is 13.5 Å². The molecule has 0 aliphatic carbocycles. The van der Waals surface area contributed by atoms with Crippen molar-refractivity contribution < 1.29 is 18.7 Å². The van der Waals surface area contributed by atoms with Gasteiger partial charge in [0.05, 0.1) is 5.02 Å². The van der Waals surface area contributed by atoms with Crippen molar-refractivity contribution in [3.63, 3.8) is 0 Å². The van der Waals surface area contributed by atoms with Crippen LogP contribution < -0.4 is 10.9 Å². The third-order valence-corrected chi connectivity index (χ3v) is 6.71. The normalized spacial score (nSPS) is 11.1. The van der Waals surface area contributed by atoms with Crippen molar-refractivity contribution >= 4 is 67.5 Å². The Labute approximate surface area is 190 Å². The minimum atomic E-state index is -0.662. The molecule has 0 aliphatic heterocycles. The van der Waals surface area contributed by atoms with Gasteiger partial charge in [-0.25, -0.2) is 4.79 Å². The average molecular weight is 476 g/mol. The van der Waals surface area contributed by atoms with Gasteiger partial charge in [-0.15, -0.1) is 11.3 Å². The Kier molecular flexibility index (Phi) is 6.00. The fourth-order valence-electron chi connectivity index (χ4n) is 3.07. The minimum Gasteiger partial charge on any atom is -0.459 e. The number of carbonyl (C=O) groups is 2. The number of carbonyl (C=O) groups excluding carboxylic acids is 2. The largest absolute Gasteiger partial charge is 0.459 e. The first kappa shape index (κ1) is 21.4. The molecule has 158 valence electrons. The van der Waals surface area contributed by atoms with Crippen LogP contribution in [-0.4, -0.2) is 18.4 Å². The number of nitrogens with one attached hydrogen (secondary N) is 1. The molecule has 0 spiro atoms. The highest BCUT2D eigenvalue weighted by atomic mass is 35.5. The Bertz CT molecular complexity index is 1390. The van der Waals surface area contributed by atoms with Gasteiger partial charge in [0.25, 0.3) is 5.91 Å². The maximum absolute atomic E-state index is 12.4. The second-order valence-corrected chi connectivity index (χ2v) is 8.61. The highest BCUT2D eigenvalue weighted by Gasteiger charge is 2.18. The fraction of sp³-hybridized carbons (Fsp3) is 0.136. The molecule has 1 amide bonds. The van der Waals surface area contributed by atoms with Gasteiger partial charge < -0.3 is 14.5 Å². The monoisotopic (exact) mass is 475 g/mol. The van der Waals surface area contributed by atoms with Crippen molar-refractivity contribution in [2.75, 3.05) is 6.54 Å². The predicted octanol–water partition coefficient (Wildman–Crippen LogP) is 5.10. The van der Waals surface area contributed by atoms with E-state index in [0.717, 1.165) is 15.6 Å². The van der Waals surface area contributed by atoms with Crippen LogP contribution in [0.4, 0.5) is 0 Å². The van der Waals surface area contributed by atoms with Crippen LogP contribution >= 0.6 is 34.5 Å². The van der Waals surface area contributed by atoms with E-state index in [9.17, 15) is 14.4 Å². The molecule has 0 saturated heterocycles. The number of benzene rings is 2. The molecule has 0 bridgehead atoms. The van der Waals surface area contributed by atoms with Crippen LogP contribution in [0.25, 0.3) is 21.1 Å². The number of hydrogen-bond donors (Lipinski definition) is 1. The molecule has 2 heterocycles. The Morgan fingerprint density at radius 1 is 1.13 bits per heavy atom. The van der Waals surface area contributed by atoms with Crippen molar-refractivity contribution in [3.05, 3.63) is 78.9 Å². The van der Waals surface area contributed by atoms with Crippen LogP contribution in [0.15, 0.2) is 51.7 Å². The first-order valence-electron chi connectivity index (χ1n) is 9.17. The number of aryl methyl sites for hydroxylation is 1. The van der Waals surface area contributed by atoms with E-state index in [1.54, 1.807) is 19.1 Å². The Morgan fingerprint density at radius 2 is 1.90 bits per heavy atom. The molecule has 0 atom stereocenters. The van der Waals surface area contributed by atoms with Crippen LogP contribution in [0.1, 0.15) is 20.8 Å². The van der Waals surface area contributed by atoms with Gasteiger partial charge in [-0.2, -0.15) is 0 Å². The number of ether oxygens (including phenoxy) is 1. The molecule has 4 aromatic rings. The molecule has 6 nitrogen and oxygen atoms in total. The summed E-state index contributed by atoms with van der Waals surface area (Å²) < 4.78 is 11.3. The number of hydrogen-bond acceptors (Lipinski definition) is 6. The van der Waals surface area contributed by atoms with Crippen LogP contribution in [-0.2, 0) is 16.1 Å². The molecular formula is C22H15Cl2NO5S. The van der Waals surface area contributed by atoms with Gasteiger partial charge in [0.1, 0.15) is 23.6 Å². The Morgan fingerprint density at radius 3 is 2.68 bits per heavy atom. The van der Waals surface area contributed by atoms with Gasteiger partial charge in [0.15, 0.2) is 0 Å². The summed E-state index contributed by atoms with van der Waals surface area (Å²) in [7, 11) is 0.